The third-order valence-corrected chi connectivity index (χ3v) is 3.49. The fourth-order valence-electron chi connectivity index (χ4n) is 2.51. The van der Waals surface area contributed by atoms with E-state index in [4.69, 9.17) is 0 Å². The molecular formula is C16H22N2O. The third-order valence-electron chi connectivity index (χ3n) is 3.49. The Labute approximate surface area is 115 Å². The molecule has 3 heteroatoms. The fraction of sp³-hybridized carbons (Fsp3) is 0.562. The van der Waals surface area contributed by atoms with Crippen LogP contribution in [-0.2, 0) is 0 Å². The zero-order valence-electron chi connectivity index (χ0n) is 11.5. The van der Waals surface area contributed by atoms with Gasteiger partial charge in [0, 0.05) is 24.9 Å². The summed E-state index contributed by atoms with van der Waals surface area (Å²) in [6.45, 7) is 3.66. The molecule has 102 valence electrons. The second-order valence-electron chi connectivity index (χ2n) is 5.18. The predicted molar refractivity (Wildman–Crippen MR) is 76.5 cm³/mol. The molecule has 2 heterocycles. The second kappa shape index (κ2) is 7.28. The minimum absolute atomic E-state index is 0.331. The van der Waals surface area contributed by atoms with Crippen LogP contribution in [0.4, 0.5) is 0 Å². The topological polar surface area (TPSA) is 36.4 Å². The summed E-state index contributed by atoms with van der Waals surface area (Å²) in [5, 5.41) is 9.19. The first-order chi connectivity index (χ1) is 9.27. The van der Waals surface area contributed by atoms with E-state index in [1.165, 1.54) is 24.8 Å². The maximum absolute atomic E-state index is 9.19. The Kier molecular flexibility index (Phi) is 5.38. The zero-order valence-corrected chi connectivity index (χ0v) is 11.5. The van der Waals surface area contributed by atoms with E-state index in [2.05, 4.69) is 27.8 Å². The highest BCUT2D eigenvalue weighted by Gasteiger charge is 2.22. The maximum Gasteiger partial charge on any atom is 0.0621 e. The number of pyridine rings is 1. The SMILES string of the molecule is CC(O)CC#CCN1CCCCC1c1cccnc1. The summed E-state index contributed by atoms with van der Waals surface area (Å²) in [6.07, 6.45) is 7.72. The molecule has 19 heavy (non-hydrogen) atoms. The molecule has 0 aliphatic carbocycles. The van der Waals surface area contributed by atoms with Crippen LogP contribution in [0.15, 0.2) is 24.5 Å². The molecule has 0 amide bonds. The van der Waals surface area contributed by atoms with Crippen LogP contribution in [-0.4, -0.2) is 34.2 Å². The summed E-state index contributed by atoms with van der Waals surface area (Å²) >= 11 is 0. The van der Waals surface area contributed by atoms with Crippen molar-refractivity contribution in [3.05, 3.63) is 30.1 Å². The smallest absolute Gasteiger partial charge is 0.0621 e. The van der Waals surface area contributed by atoms with Gasteiger partial charge >= 0.3 is 0 Å². The quantitative estimate of drug-likeness (QED) is 0.846. The first-order valence-electron chi connectivity index (χ1n) is 7.05. The van der Waals surface area contributed by atoms with Crippen LogP contribution in [0.25, 0.3) is 0 Å². The fourth-order valence-corrected chi connectivity index (χ4v) is 2.51. The lowest BCUT2D eigenvalue weighted by Gasteiger charge is -2.34. The Bertz CT molecular complexity index is 433. The molecule has 1 aliphatic rings. The van der Waals surface area contributed by atoms with Gasteiger partial charge in [-0.25, -0.2) is 0 Å². The standard InChI is InChI=1S/C16H22N2O/c1-14(19)7-2-4-11-18-12-5-3-9-16(18)15-8-6-10-17-13-15/h6,8,10,13-14,16,19H,3,5,7,9,11-12H2,1H3. The Hall–Kier alpha value is -1.37. The second-order valence-corrected chi connectivity index (χ2v) is 5.18. The monoisotopic (exact) mass is 258 g/mol. The zero-order chi connectivity index (χ0) is 13.5. The number of hydrogen-bond acceptors (Lipinski definition) is 3. The minimum atomic E-state index is -0.331. The van der Waals surface area contributed by atoms with E-state index >= 15 is 0 Å². The van der Waals surface area contributed by atoms with E-state index in [1.54, 1.807) is 6.92 Å². The van der Waals surface area contributed by atoms with Gasteiger partial charge < -0.3 is 5.11 Å². The lowest BCUT2D eigenvalue weighted by atomic mass is 9.96. The van der Waals surface area contributed by atoms with Crippen molar-refractivity contribution in [2.45, 2.75) is 44.8 Å². The van der Waals surface area contributed by atoms with Crippen molar-refractivity contribution in [2.24, 2.45) is 0 Å². The molecule has 0 radical (unpaired) electrons. The van der Waals surface area contributed by atoms with E-state index in [0.717, 1.165) is 13.1 Å². The van der Waals surface area contributed by atoms with E-state index in [1.807, 2.05) is 18.5 Å². The molecule has 1 aliphatic heterocycles. The van der Waals surface area contributed by atoms with Crippen molar-refractivity contribution >= 4 is 0 Å². The lowest BCUT2D eigenvalue weighted by Crippen LogP contribution is -2.33. The van der Waals surface area contributed by atoms with Crippen molar-refractivity contribution in [3.63, 3.8) is 0 Å². The summed E-state index contributed by atoms with van der Waals surface area (Å²) < 4.78 is 0. The molecular weight excluding hydrogens is 236 g/mol. The highest BCUT2D eigenvalue weighted by atomic mass is 16.3. The van der Waals surface area contributed by atoms with Gasteiger partial charge in [-0.05, 0) is 37.9 Å². The van der Waals surface area contributed by atoms with E-state index in [0.29, 0.717) is 12.5 Å². The van der Waals surface area contributed by atoms with Crippen LogP contribution in [0.5, 0.6) is 0 Å². The largest absolute Gasteiger partial charge is 0.392 e. The molecule has 0 spiro atoms. The predicted octanol–water partition coefficient (Wildman–Crippen LogP) is 2.38. The summed E-state index contributed by atoms with van der Waals surface area (Å²) in [5.74, 6) is 6.23. The first kappa shape index (κ1) is 14.0. The molecule has 2 atom stereocenters. The lowest BCUT2D eigenvalue weighted by molar-refractivity contribution is 0.168. The average molecular weight is 258 g/mol. The summed E-state index contributed by atoms with van der Waals surface area (Å²) in [7, 11) is 0. The summed E-state index contributed by atoms with van der Waals surface area (Å²) in [6, 6.07) is 4.60. The summed E-state index contributed by atoms with van der Waals surface area (Å²) in [4.78, 5) is 6.64. The number of aromatic nitrogens is 1. The molecule has 2 unspecified atom stereocenters. The molecule has 1 N–H and O–H groups in total. The molecule has 0 aromatic carbocycles. The Balaban J connectivity index is 1.98. The molecule has 1 fully saturated rings. The first-order valence-corrected chi connectivity index (χ1v) is 7.05. The highest BCUT2D eigenvalue weighted by molar-refractivity contribution is 5.16. The summed E-state index contributed by atoms with van der Waals surface area (Å²) in [5.41, 5.74) is 1.29. The molecule has 0 saturated carbocycles. The van der Waals surface area contributed by atoms with Gasteiger partial charge in [-0.1, -0.05) is 24.3 Å². The van der Waals surface area contributed by atoms with Crippen molar-refractivity contribution in [1.82, 2.24) is 9.88 Å². The van der Waals surface area contributed by atoms with Gasteiger partial charge in [0.15, 0.2) is 0 Å². The normalized spacial score (nSPS) is 21.5. The number of aliphatic hydroxyl groups excluding tert-OH is 1. The van der Waals surface area contributed by atoms with Crippen LogP contribution in [0.2, 0.25) is 0 Å². The van der Waals surface area contributed by atoms with Gasteiger partial charge in [0.1, 0.15) is 0 Å². The van der Waals surface area contributed by atoms with Crippen molar-refractivity contribution in [3.8, 4) is 11.8 Å². The Morgan fingerprint density at radius 2 is 2.37 bits per heavy atom. The highest BCUT2D eigenvalue weighted by Crippen LogP contribution is 2.29. The minimum Gasteiger partial charge on any atom is -0.392 e. The van der Waals surface area contributed by atoms with E-state index in [-0.39, 0.29) is 6.10 Å². The van der Waals surface area contributed by atoms with Gasteiger partial charge in [0.25, 0.3) is 0 Å². The Morgan fingerprint density at radius 1 is 1.47 bits per heavy atom. The molecule has 0 bridgehead atoms. The van der Waals surface area contributed by atoms with E-state index in [9.17, 15) is 5.11 Å². The maximum atomic E-state index is 9.19. The number of nitrogens with zero attached hydrogens (tertiary/aromatic N) is 2. The van der Waals surface area contributed by atoms with E-state index < -0.39 is 0 Å². The van der Waals surface area contributed by atoms with Gasteiger partial charge in [0.05, 0.1) is 12.6 Å². The number of aliphatic hydroxyl groups is 1. The van der Waals surface area contributed by atoms with Crippen molar-refractivity contribution in [2.75, 3.05) is 13.1 Å². The molecule has 2 rings (SSSR count). The Morgan fingerprint density at radius 3 is 3.11 bits per heavy atom. The van der Waals surface area contributed by atoms with Crippen LogP contribution in [0.3, 0.4) is 0 Å². The van der Waals surface area contributed by atoms with Gasteiger partial charge in [-0.15, -0.1) is 0 Å². The van der Waals surface area contributed by atoms with Crippen molar-refractivity contribution < 1.29 is 5.11 Å². The number of likely N-dealkylation sites (tertiary alicyclic amines) is 1. The third kappa shape index (κ3) is 4.34. The number of hydrogen-bond donors (Lipinski definition) is 1. The van der Waals surface area contributed by atoms with Crippen LogP contribution < -0.4 is 0 Å². The number of piperidine rings is 1. The molecule has 1 aromatic heterocycles. The van der Waals surface area contributed by atoms with Crippen LogP contribution in [0, 0.1) is 11.8 Å². The molecule has 3 nitrogen and oxygen atoms in total. The van der Waals surface area contributed by atoms with Crippen LogP contribution in [0.1, 0.15) is 44.2 Å². The average Bonchev–Trinajstić information content (AvgIpc) is 2.45. The van der Waals surface area contributed by atoms with Gasteiger partial charge in [0.2, 0.25) is 0 Å². The van der Waals surface area contributed by atoms with Crippen molar-refractivity contribution in [1.29, 1.82) is 0 Å². The molecule has 1 aromatic rings. The van der Waals surface area contributed by atoms with Crippen LogP contribution >= 0.6 is 0 Å². The van der Waals surface area contributed by atoms with Gasteiger partial charge in [-0.3, -0.25) is 9.88 Å². The molecule has 1 saturated heterocycles. The number of rotatable bonds is 3. The van der Waals surface area contributed by atoms with Gasteiger partial charge in [-0.2, -0.15) is 0 Å².